The van der Waals surface area contributed by atoms with E-state index in [0.29, 0.717) is 5.92 Å². The molecule has 2 fully saturated rings. The lowest BCUT2D eigenvalue weighted by molar-refractivity contribution is -0.124. The summed E-state index contributed by atoms with van der Waals surface area (Å²) in [6, 6.07) is 3.91. The van der Waals surface area contributed by atoms with Crippen molar-refractivity contribution in [1.29, 1.82) is 0 Å². The van der Waals surface area contributed by atoms with Gasteiger partial charge in [0.2, 0.25) is 5.91 Å². The number of benzene rings is 1. The summed E-state index contributed by atoms with van der Waals surface area (Å²) in [5.74, 6) is 1.03. The Hall–Kier alpha value is -1.17. The first kappa shape index (κ1) is 18.2. The first-order valence-electron chi connectivity index (χ1n) is 9.58. The summed E-state index contributed by atoms with van der Waals surface area (Å²) in [4.78, 5) is 22.4. The number of piperidine rings is 1. The summed E-state index contributed by atoms with van der Waals surface area (Å²) >= 11 is 7.82. The summed E-state index contributed by atoms with van der Waals surface area (Å²) in [6.07, 6.45) is 5.53. The summed E-state index contributed by atoms with van der Waals surface area (Å²) in [7, 11) is 2.17. The summed E-state index contributed by atoms with van der Waals surface area (Å²) < 4.78 is 1.07. The second-order valence-electron chi connectivity index (χ2n) is 7.89. The van der Waals surface area contributed by atoms with Gasteiger partial charge < -0.3 is 4.90 Å². The van der Waals surface area contributed by atoms with Gasteiger partial charge >= 0.3 is 0 Å². The van der Waals surface area contributed by atoms with Crippen molar-refractivity contribution in [2.45, 2.75) is 39.0 Å². The zero-order chi connectivity index (χ0) is 18.3. The number of hydrogen-bond donors (Lipinski definition) is 0. The van der Waals surface area contributed by atoms with Crippen molar-refractivity contribution in [2.75, 3.05) is 31.6 Å². The molecule has 2 aliphatic rings. The van der Waals surface area contributed by atoms with Crippen molar-refractivity contribution in [3.05, 3.63) is 22.7 Å². The molecule has 4 nitrogen and oxygen atoms in total. The number of nitrogens with zero attached hydrogens (tertiary/aromatic N) is 3. The van der Waals surface area contributed by atoms with Gasteiger partial charge in [0.05, 0.1) is 10.2 Å². The lowest BCUT2D eigenvalue weighted by Gasteiger charge is -2.35. The van der Waals surface area contributed by atoms with Gasteiger partial charge in [0.25, 0.3) is 0 Å². The van der Waals surface area contributed by atoms with E-state index >= 15 is 0 Å². The molecule has 1 aliphatic carbocycles. The lowest BCUT2D eigenvalue weighted by atomic mass is 9.84. The molecule has 1 amide bonds. The highest BCUT2D eigenvalue weighted by atomic mass is 35.5. The third kappa shape index (κ3) is 3.62. The van der Waals surface area contributed by atoms with Crippen LogP contribution in [0.3, 0.4) is 0 Å². The molecular weight excluding hydrogens is 366 g/mol. The Kier molecular flexibility index (Phi) is 5.22. The van der Waals surface area contributed by atoms with Gasteiger partial charge in [-0.25, -0.2) is 4.98 Å². The van der Waals surface area contributed by atoms with E-state index in [9.17, 15) is 4.79 Å². The molecule has 0 bridgehead atoms. The normalized spacial score (nSPS) is 19.7. The highest BCUT2D eigenvalue weighted by Crippen LogP contribution is 2.37. The molecule has 1 saturated carbocycles. The van der Waals surface area contributed by atoms with Crippen LogP contribution in [-0.2, 0) is 4.79 Å². The molecular formula is C20H26ClN3OS. The number of thiazole rings is 1. The molecule has 0 N–H and O–H groups in total. The van der Waals surface area contributed by atoms with E-state index < -0.39 is 0 Å². The quantitative estimate of drug-likeness (QED) is 0.755. The Morgan fingerprint density at radius 3 is 2.69 bits per heavy atom. The smallest absolute Gasteiger partial charge is 0.231 e. The highest BCUT2D eigenvalue weighted by Gasteiger charge is 2.33. The van der Waals surface area contributed by atoms with Crippen LogP contribution < -0.4 is 4.90 Å². The molecule has 1 saturated heterocycles. The minimum absolute atomic E-state index is 0.193. The molecule has 2 aromatic rings. The molecule has 1 aromatic heterocycles. The largest absolute Gasteiger partial charge is 0.306 e. The Morgan fingerprint density at radius 2 is 2.04 bits per heavy atom. The van der Waals surface area contributed by atoms with Crippen LogP contribution >= 0.6 is 22.9 Å². The van der Waals surface area contributed by atoms with E-state index in [1.165, 1.54) is 6.42 Å². The van der Waals surface area contributed by atoms with Crippen LogP contribution in [0.4, 0.5) is 5.13 Å². The average Bonchev–Trinajstić information content (AvgIpc) is 2.96. The van der Waals surface area contributed by atoms with Crippen molar-refractivity contribution in [3.63, 3.8) is 0 Å². The molecule has 2 heterocycles. The molecule has 1 aromatic carbocycles. The van der Waals surface area contributed by atoms with Crippen molar-refractivity contribution >= 4 is 44.2 Å². The van der Waals surface area contributed by atoms with E-state index in [0.717, 1.165) is 71.3 Å². The SMILES string of the molecule is Cc1cc(Cl)cc2sc(N(CC3CCN(C)CC3)C(=O)C3CCC3)nc12. The van der Waals surface area contributed by atoms with Crippen molar-refractivity contribution in [2.24, 2.45) is 11.8 Å². The predicted molar refractivity (Wildman–Crippen MR) is 109 cm³/mol. The molecule has 0 radical (unpaired) electrons. The van der Waals surface area contributed by atoms with Crippen LogP contribution in [0.15, 0.2) is 12.1 Å². The highest BCUT2D eigenvalue weighted by molar-refractivity contribution is 7.22. The predicted octanol–water partition coefficient (Wildman–Crippen LogP) is 4.73. The standard InChI is InChI=1S/C20H26ClN3OS/c1-13-10-16(21)11-17-18(13)22-20(26-17)24(19(25)15-4-3-5-15)12-14-6-8-23(2)9-7-14/h10-11,14-15H,3-9,12H2,1-2H3. The maximum Gasteiger partial charge on any atom is 0.231 e. The van der Waals surface area contributed by atoms with E-state index in [1.807, 2.05) is 24.0 Å². The second-order valence-corrected chi connectivity index (χ2v) is 9.33. The number of amides is 1. The Bertz CT molecular complexity index is 809. The molecule has 0 atom stereocenters. The first-order valence-corrected chi connectivity index (χ1v) is 10.8. The zero-order valence-corrected chi connectivity index (χ0v) is 17.1. The maximum absolute atomic E-state index is 13.1. The number of hydrogen-bond acceptors (Lipinski definition) is 4. The lowest BCUT2D eigenvalue weighted by Crippen LogP contribution is -2.44. The maximum atomic E-state index is 13.1. The van der Waals surface area contributed by atoms with Crippen LogP contribution in [-0.4, -0.2) is 42.5 Å². The van der Waals surface area contributed by atoms with Gasteiger partial charge in [0, 0.05) is 17.5 Å². The number of aromatic nitrogens is 1. The molecule has 6 heteroatoms. The molecule has 0 unspecified atom stereocenters. The molecule has 26 heavy (non-hydrogen) atoms. The Morgan fingerprint density at radius 1 is 1.31 bits per heavy atom. The van der Waals surface area contributed by atoms with E-state index in [1.54, 1.807) is 11.3 Å². The average molecular weight is 392 g/mol. The fraction of sp³-hybridized carbons (Fsp3) is 0.600. The minimum Gasteiger partial charge on any atom is -0.306 e. The van der Waals surface area contributed by atoms with Gasteiger partial charge in [-0.15, -0.1) is 0 Å². The van der Waals surface area contributed by atoms with Gasteiger partial charge in [-0.1, -0.05) is 29.4 Å². The van der Waals surface area contributed by atoms with E-state index in [4.69, 9.17) is 16.6 Å². The van der Waals surface area contributed by atoms with Gasteiger partial charge in [0.1, 0.15) is 0 Å². The number of carbonyl (C=O) groups is 1. The number of fused-ring (bicyclic) bond motifs is 1. The second kappa shape index (κ2) is 7.45. The van der Waals surface area contributed by atoms with Gasteiger partial charge in [0.15, 0.2) is 5.13 Å². The number of anilines is 1. The number of carbonyl (C=O) groups excluding carboxylic acids is 1. The molecule has 4 rings (SSSR count). The zero-order valence-electron chi connectivity index (χ0n) is 15.5. The first-order chi connectivity index (χ1) is 12.5. The fourth-order valence-corrected chi connectivity index (χ4v) is 5.33. The van der Waals surface area contributed by atoms with Crippen molar-refractivity contribution in [1.82, 2.24) is 9.88 Å². The Balaban J connectivity index is 1.63. The third-order valence-electron chi connectivity index (χ3n) is 5.87. The summed E-state index contributed by atoms with van der Waals surface area (Å²) in [5.41, 5.74) is 2.05. The third-order valence-corrected chi connectivity index (χ3v) is 7.11. The monoisotopic (exact) mass is 391 g/mol. The van der Waals surface area contributed by atoms with Crippen LogP contribution in [0.2, 0.25) is 5.02 Å². The summed E-state index contributed by atoms with van der Waals surface area (Å²) in [5, 5.41) is 1.58. The van der Waals surface area contributed by atoms with Crippen LogP contribution in [0.1, 0.15) is 37.7 Å². The summed E-state index contributed by atoms with van der Waals surface area (Å²) in [6.45, 7) is 5.07. The topological polar surface area (TPSA) is 36.4 Å². The van der Waals surface area contributed by atoms with Gasteiger partial charge in [-0.2, -0.15) is 0 Å². The van der Waals surface area contributed by atoms with Gasteiger partial charge in [-0.05, 0) is 76.4 Å². The van der Waals surface area contributed by atoms with E-state index in [2.05, 4.69) is 11.9 Å². The van der Waals surface area contributed by atoms with Crippen LogP contribution in [0.25, 0.3) is 10.2 Å². The van der Waals surface area contributed by atoms with Gasteiger partial charge in [-0.3, -0.25) is 9.69 Å². The molecule has 0 spiro atoms. The molecule has 1 aliphatic heterocycles. The number of rotatable bonds is 4. The number of aryl methyl sites for hydroxylation is 1. The van der Waals surface area contributed by atoms with E-state index in [-0.39, 0.29) is 11.8 Å². The molecule has 140 valence electrons. The minimum atomic E-state index is 0.193. The number of likely N-dealkylation sites (tertiary alicyclic amines) is 1. The van der Waals surface area contributed by atoms with Crippen molar-refractivity contribution in [3.8, 4) is 0 Å². The van der Waals surface area contributed by atoms with Crippen molar-refractivity contribution < 1.29 is 4.79 Å². The fourth-order valence-electron chi connectivity index (χ4n) is 3.90. The van der Waals surface area contributed by atoms with Crippen LogP contribution in [0, 0.1) is 18.8 Å². The number of halogens is 1. The van der Waals surface area contributed by atoms with Crippen LogP contribution in [0.5, 0.6) is 0 Å². The Labute approximate surface area is 164 Å².